The molecule has 0 aliphatic carbocycles. The molecule has 1 aliphatic heterocycles. The van der Waals surface area contributed by atoms with E-state index in [0.717, 1.165) is 67.0 Å². The molecule has 2 N–H and O–H groups in total. The number of hydrogen-bond donors (Lipinski definition) is 2. The van der Waals surface area contributed by atoms with Gasteiger partial charge in [-0.2, -0.15) is 0 Å². The summed E-state index contributed by atoms with van der Waals surface area (Å²) in [5, 5.41) is 3.34. The zero-order valence-corrected chi connectivity index (χ0v) is 20.6. The highest BCUT2D eigenvalue weighted by atomic mass is 32.2. The summed E-state index contributed by atoms with van der Waals surface area (Å²) < 4.78 is 29.0. The number of benzene rings is 2. The van der Waals surface area contributed by atoms with Gasteiger partial charge in [0.1, 0.15) is 0 Å². The maximum Gasteiger partial charge on any atom is 0.240 e. The molecule has 32 heavy (non-hydrogen) atoms. The minimum absolute atomic E-state index is 0.0808. The van der Waals surface area contributed by atoms with Gasteiger partial charge in [-0.25, -0.2) is 13.1 Å². The van der Waals surface area contributed by atoms with Crippen LogP contribution in [-0.4, -0.2) is 39.0 Å². The molecule has 0 bridgehead atoms. The third-order valence-electron chi connectivity index (χ3n) is 6.48. The Morgan fingerprint density at radius 2 is 1.81 bits per heavy atom. The van der Waals surface area contributed by atoms with Gasteiger partial charge in [0, 0.05) is 23.0 Å². The molecule has 3 rings (SSSR count). The maximum atomic E-state index is 13.0. The van der Waals surface area contributed by atoms with Crippen LogP contribution in [-0.2, 0) is 10.0 Å². The molecule has 1 heterocycles. The lowest BCUT2D eigenvalue weighted by molar-refractivity contribution is 0.169. The van der Waals surface area contributed by atoms with E-state index >= 15 is 0 Å². The SMILES string of the molecule is C=C(Nc1ccc(S(=O)(=O)NC(C)C2CCN(CCC)CC2)cc1C)c1ccccc1C. The Bertz CT molecular complexity index is 1040. The van der Waals surface area contributed by atoms with Crippen molar-refractivity contribution in [2.75, 3.05) is 25.0 Å². The quantitative estimate of drug-likeness (QED) is 0.547. The topological polar surface area (TPSA) is 61.4 Å². The van der Waals surface area contributed by atoms with Crippen LogP contribution in [0.15, 0.2) is 53.9 Å². The normalized spacial score (nSPS) is 16.6. The summed E-state index contributed by atoms with van der Waals surface area (Å²) in [7, 11) is -3.57. The van der Waals surface area contributed by atoms with Gasteiger partial charge in [0.15, 0.2) is 0 Å². The number of hydrogen-bond acceptors (Lipinski definition) is 4. The number of rotatable bonds is 9. The monoisotopic (exact) mass is 455 g/mol. The molecule has 0 spiro atoms. The van der Waals surface area contributed by atoms with Crippen molar-refractivity contribution in [3.63, 3.8) is 0 Å². The van der Waals surface area contributed by atoms with E-state index in [4.69, 9.17) is 0 Å². The Kier molecular flexibility index (Phi) is 8.15. The van der Waals surface area contributed by atoms with Gasteiger partial charge >= 0.3 is 0 Å². The predicted molar refractivity (Wildman–Crippen MR) is 134 cm³/mol. The summed E-state index contributed by atoms with van der Waals surface area (Å²) >= 11 is 0. The molecule has 0 saturated carbocycles. The molecule has 1 aliphatic rings. The van der Waals surface area contributed by atoms with Crippen molar-refractivity contribution < 1.29 is 8.42 Å². The molecule has 0 aromatic heterocycles. The van der Waals surface area contributed by atoms with Crippen molar-refractivity contribution in [2.45, 2.75) is 57.9 Å². The zero-order valence-electron chi connectivity index (χ0n) is 19.8. The Balaban J connectivity index is 1.65. The van der Waals surface area contributed by atoms with Crippen LogP contribution in [0.4, 0.5) is 5.69 Å². The molecule has 5 nitrogen and oxygen atoms in total. The second kappa shape index (κ2) is 10.6. The van der Waals surface area contributed by atoms with Crippen LogP contribution in [0.3, 0.4) is 0 Å². The van der Waals surface area contributed by atoms with Crippen LogP contribution in [0.2, 0.25) is 0 Å². The number of piperidine rings is 1. The van der Waals surface area contributed by atoms with E-state index < -0.39 is 10.0 Å². The molecule has 6 heteroatoms. The van der Waals surface area contributed by atoms with Gasteiger partial charge in [-0.05, 0) is 94.9 Å². The third-order valence-corrected chi connectivity index (χ3v) is 8.04. The summed E-state index contributed by atoms with van der Waals surface area (Å²) in [5.74, 6) is 0.373. The van der Waals surface area contributed by atoms with E-state index in [1.807, 2.05) is 51.1 Å². The second-order valence-electron chi connectivity index (χ2n) is 8.98. The average Bonchev–Trinajstić information content (AvgIpc) is 2.75. The van der Waals surface area contributed by atoms with Crippen LogP contribution < -0.4 is 10.0 Å². The number of aryl methyl sites for hydroxylation is 2. The Morgan fingerprint density at radius 1 is 1.12 bits per heavy atom. The first-order valence-corrected chi connectivity index (χ1v) is 13.1. The van der Waals surface area contributed by atoms with E-state index in [9.17, 15) is 8.42 Å². The van der Waals surface area contributed by atoms with Crippen molar-refractivity contribution in [3.8, 4) is 0 Å². The highest BCUT2D eigenvalue weighted by Gasteiger charge is 2.27. The molecule has 1 unspecified atom stereocenters. The molecule has 2 aromatic carbocycles. The van der Waals surface area contributed by atoms with E-state index in [0.29, 0.717) is 10.8 Å². The van der Waals surface area contributed by atoms with E-state index in [-0.39, 0.29) is 6.04 Å². The van der Waals surface area contributed by atoms with Crippen molar-refractivity contribution in [1.82, 2.24) is 9.62 Å². The maximum absolute atomic E-state index is 13.0. The number of sulfonamides is 1. The lowest BCUT2D eigenvalue weighted by atomic mass is 9.91. The number of anilines is 1. The molecule has 1 fully saturated rings. The standard InChI is InChI=1S/C26H37N3O2S/c1-6-15-29-16-13-23(14-17-29)21(4)28-32(30,31)24-11-12-26(20(3)18-24)27-22(5)25-10-8-7-9-19(25)2/h7-12,18,21,23,27-28H,5-6,13-17H2,1-4H3. The minimum Gasteiger partial charge on any atom is -0.355 e. The van der Waals surface area contributed by atoms with Crippen LogP contribution in [0, 0.1) is 19.8 Å². The summed E-state index contributed by atoms with van der Waals surface area (Å²) in [6, 6.07) is 13.2. The van der Waals surface area contributed by atoms with Crippen molar-refractivity contribution >= 4 is 21.4 Å². The number of nitrogens with one attached hydrogen (secondary N) is 2. The molecule has 2 aromatic rings. The van der Waals surface area contributed by atoms with Crippen LogP contribution in [0.5, 0.6) is 0 Å². The highest BCUT2D eigenvalue weighted by Crippen LogP contribution is 2.26. The zero-order chi connectivity index (χ0) is 23.3. The van der Waals surface area contributed by atoms with Crippen molar-refractivity contribution in [1.29, 1.82) is 0 Å². The van der Waals surface area contributed by atoms with E-state index in [1.54, 1.807) is 12.1 Å². The first kappa shape index (κ1) is 24.5. The van der Waals surface area contributed by atoms with Crippen LogP contribution in [0.25, 0.3) is 5.70 Å². The van der Waals surface area contributed by atoms with Gasteiger partial charge in [-0.15, -0.1) is 0 Å². The van der Waals surface area contributed by atoms with Gasteiger partial charge in [0.25, 0.3) is 0 Å². The Morgan fingerprint density at radius 3 is 2.44 bits per heavy atom. The predicted octanol–water partition coefficient (Wildman–Crippen LogP) is 5.18. The molecule has 174 valence electrons. The van der Waals surface area contributed by atoms with Gasteiger partial charge in [-0.1, -0.05) is 37.8 Å². The average molecular weight is 456 g/mol. The minimum atomic E-state index is -3.57. The lowest BCUT2D eigenvalue weighted by Gasteiger charge is -2.34. The third kappa shape index (κ3) is 6.00. The van der Waals surface area contributed by atoms with Crippen LogP contribution >= 0.6 is 0 Å². The molecule has 1 saturated heterocycles. The van der Waals surface area contributed by atoms with E-state index in [1.165, 1.54) is 0 Å². The lowest BCUT2D eigenvalue weighted by Crippen LogP contribution is -2.44. The van der Waals surface area contributed by atoms with Gasteiger partial charge in [0.2, 0.25) is 10.0 Å². The summed E-state index contributed by atoms with van der Waals surface area (Å²) in [5.41, 5.74) is 4.70. The smallest absolute Gasteiger partial charge is 0.240 e. The van der Waals surface area contributed by atoms with Crippen LogP contribution in [0.1, 0.15) is 49.8 Å². The molecule has 0 amide bonds. The molecule has 1 atom stereocenters. The number of likely N-dealkylation sites (tertiary alicyclic amines) is 1. The Labute approximate surface area is 194 Å². The second-order valence-corrected chi connectivity index (χ2v) is 10.7. The van der Waals surface area contributed by atoms with Gasteiger partial charge in [0.05, 0.1) is 4.90 Å². The van der Waals surface area contributed by atoms with Crippen molar-refractivity contribution in [3.05, 3.63) is 65.7 Å². The molecular weight excluding hydrogens is 418 g/mol. The van der Waals surface area contributed by atoms with E-state index in [2.05, 4.69) is 28.4 Å². The molecule has 0 radical (unpaired) electrons. The fourth-order valence-electron chi connectivity index (χ4n) is 4.49. The summed E-state index contributed by atoms with van der Waals surface area (Å²) in [6.07, 6.45) is 3.23. The van der Waals surface area contributed by atoms with Gasteiger partial charge < -0.3 is 10.2 Å². The fraction of sp³-hybridized carbons (Fsp3) is 0.462. The first-order valence-electron chi connectivity index (χ1n) is 11.6. The Hall–Kier alpha value is -2.15. The summed E-state index contributed by atoms with van der Waals surface area (Å²) in [6.45, 7) is 15.5. The van der Waals surface area contributed by atoms with Crippen molar-refractivity contribution in [2.24, 2.45) is 5.92 Å². The van der Waals surface area contributed by atoms with Gasteiger partial charge in [-0.3, -0.25) is 0 Å². The molecular formula is C26H37N3O2S. The summed E-state index contributed by atoms with van der Waals surface area (Å²) in [4.78, 5) is 2.77. The first-order chi connectivity index (χ1) is 15.2. The fourth-order valence-corrected chi connectivity index (χ4v) is 5.88. The highest BCUT2D eigenvalue weighted by molar-refractivity contribution is 7.89. The largest absolute Gasteiger partial charge is 0.355 e. The number of nitrogens with zero attached hydrogens (tertiary/aromatic N) is 1.